The quantitative estimate of drug-likeness (QED) is 0.674. The van der Waals surface area contributed by atoms with Crippen molar-refractivity contribution in [3.05, 3.63) is 0 Å². The molecule has 2 unspecified atom stereocenters. The van der Waals surface area contributed by atoms with Crippen LogP contribution in [0.25, 0.3) is 0 Å². The van der Waals surface area contributed by atoms with Crippen LogP contribution in [0.3, 0.4) is 0 Å². The first-order valence-corrected chi connectivity index (χ1v) is 6.40. The lowest BCUT2D eigenvalue weighted by molar-refractivity contribution is -0.137. The van der Waals surface area contributed by atoms with Gasteiger partial charge in [0.2, 0.25) is 0 Å². The average molecular weight is 221 g/mol. The summed E-state index contributed by atoms with van der Waals surface area (Å²) in [6, 6.07) is -0.302. The molecule has 0 aromatic carbocycles. The summed E-state index contributed by atoms with van der Waals surface area (Å²) >= 11 is 0. The molecule has 1 saturated heterocycles. The number of rotatable bonds is 4. The molecule has 1 aliphatic rings. The van der Waals surface area contributed by atoms with Gasteiger partial charge in [0.15, 0.2) is 9.84 Å². The fourth-order valence-electron chi connectivity index (χ4n) is 1.69. The van der Waals surface area contributed by atoms with E-state index in [1.54, 1.807) is 0 Å². The van der Waals surface area contributed by atoms with Crippen molar-refractivity contribution in [1.29, 1.82) is 0 Å². The number of carboxylic acid groups (broad SMARTS) is 1. The second kappa shape index (κ2) is 4.27. The molecule has 0 spiro atoms. The Labute approximate surface area is 83.2 Å². The summed E-state index contributed by atoms with van der Waals surface area (Å²) in [6.07, 6.45) is 0.941. The fraction of sp³-hybridized carbons (Fsp3) is 0.875. The Hall–Kier alpha value is -0.620. The molecule has 0 aromatic rings. The largest absolute Gasteiger partial charge is 0.481 e. The molecule has 3 N–H and O–H groups in total. The van der Waals surface area contributed by atoms with Crippen molar-refractivity contribution in [1.82, 2.24) is 0 Å². The highest BCUT2D eigenvalue weighted by Gasteiger charge is 2.31. The minimum atomic E-state index is -2.91. The number of nitrogens with two attached hydrogens (primary N) is 1. The van der Waals surface area contributed by atoms with E-state index in [4.69, 9.17) is 10.8 Å². The molecule has 6 heteroatoms. The third-order valence-corrected chi connectivity index (χ3v) is 4.36. The molecule has 1 heterocycles. The van der Waals surface area contributed by atoms with Gasteiger partial charge in [0.05, 0.1) is 11.5 Å². The van der Waals surface area contributed by atoms with Gasteiger partial charge in [-0.25, -0.2) is 8.42 Å². The number of aliphatic carboxylic acids is 1. The SMILES string of the molecule is NC(CCC(=O)O)C1CCS(=O)(=O)C1. The van der Waals surface area contributed by atoms with E-state index in [2.05, 4.69) is 0 Å². The Kier molecular flexibility index (Phi) is 3.49. The summed E-state index contributed by atoms with van der Waals surface area (Å²) in [5.74, 6) is -0.632. The first-order chi connectivity index (χ1) is 6.41. The van der Waals surface area contributed by atoms with Crippen LogP contribution in [0.5, 0.6) is 0 Å². The smallest absolute Gasteiger partial charge is 0.303 e. The van der Waals surface area contributed by atoms with Gasteiger partial charge in [0, 0.05) is 12.5 Å². The molecule has 82 valence electrons. The van der Waals surface area contributed by atoms with Crippen molar-refractivity contribution in [2.75, 3.05) is 11.5 Å². The van der Waals surface area contributed by atoms with Crippen molar-refractivity contribution in [2.45, 2.75) is 25.3 Å². The van der Waals surface area contributed by atoms with Crippen molar-refractivity contribution < 1.29 is 18.3 Å². The van der Waals surface area contributed by atoms with E-state index < -0.39 is 15.8 Å². The molecule has 2 atom stereocenters. The molecule has 0 aromatic heterocycles. The first-order valence-electron chi connectivity index (χ1n) is 4.58. The number of sulfone groups is 1. The second-order valence-corrected chi connectivity index (χ2v) is 5.99. The summed E-state index contributed by atoms with van der Waals surface area (Å²) in [5.41, 5.74) is 5.72. The molecule has 0 saturated carbocycles. The maximum atomic E-state index is 11.1. The van der Waals surface area contributed by atoms with E-state index in [0.717, 1.165) is 0 Å². The lowest BCUT2D eigenvalue weighted by Gasteiger charge is -2.16. The maximum absolute atomic E-state index is 11.1. The predicted molar refractivity (Wildman–Crippen MR) is 51.6 cm³/mol. The molecule has 0 radical (unpaired) electrons. The molecular weight excluding hydrogens is 206 g/mol. The van der Waals surface area contributed by atoms with E-state index in [0.29, 0.717) is 12.8 Å². The highest BCUT2D eigenvalue weighted by molar-refractivity contribution is 7.91. The molecule has 1 rings (SSSR count). The minimum absolute atomic E-state index is 0.0116. The van der Waals surface area contributed by atoms with Gasteiger partial charge in [-0.1, -0.05) is 0 Å². The normalized spacial score (nSPS) is 27.4. The van der Waals surface area contributed by atoms with Crippen LogP contribution in [-0.2, 0) is 14.6 Å². The van der Waals surface area contributed by atoms with E-state index in [9.17, 15) is 13.2 Å². The highest BCUT2D eigenvalue weighted by atomic mass is 32.2. The minimum Gasteiger partial charge on any atom is -0.481 e. The first kappa shape index (κ1) is 11.5. The molecule has 1 aliphatic heterocycles. The number of hydrogen-bond donors (Lipinski definition) is 2. The second-order valence-electron chi connectivity index (χ2n) is 3.76. The summed E-state index contributed by atoms with van der Waals surface area (Å²) in [4.78, 5) is 10.3. The van der Waals surface area contributed by atoms with E-state index >= 15 is 0 Å². The van der Waals surface area contributed by atoms with Crippen LogP contribution in [0.1, 0.15) is 19.3 Å². The molecule has 14 heavy (non-hydrogen) atoms. The van der Waals surface area contributed by atoms with Gasteiger partial charge >= 0.3 is 5.97 Å². The van der Waals surface area contributed by atoms with E-state index in [-0.39, 0.29) is 29.9 Å². The number of hydrogen-bond acceptors (Lipinski definition) is 4. The Morgan fingerprint density at radius 1 is 1.57 bits per heavy atom. The van der Waals surface area contributed by atoms with Crippen LogP contribution >= 0.6 is 0 Å². The van der Waals surface area contributed by atoms with E-state index in [1.807, 2.05) is 0 Å². The number of carbonyl (C=O) groups is 1. The van der Waals surface area contributed by atoms with Crippen LogP contribution in [0.15, 0.2) is 0 Å². The standard InChI is InChI=1S/C8H15NO4S/c9-7(1-2-8(10)11)6-3-4-14(12,13)5-6/h6-7H,1-5,9H2,(H,10,11). The van der Waals surface area contributed by atoms with Gasteiger partial charge in [-0.2, -0.15) is 0 Å². The van der Waals surface area contributed by atoms with Gasteiger partial charge in [-0.05, 0) is 18.8 Å². The summed E-state index contributed by atoms with van der Waals surface area (Å²) in [7, 11) is -2.91. The van der Waals surface area contributed by atoms with Crippen molar-refractivity contribution in [2.24, 2.45) is 11.7 Å². The summed E-state index contributed by atoms with van der Waals surface area (Å²) in [6.45, 7) is 0. The molecule has 0 aliphatic carbocycles. The van der Waals surface area contributed by atoms with Crippen molar-refractivity contribution >= 4 is 15.8 Å². The average Bonchev–Trinajstić information content (AvgIpc) is 2.41. The van der Waals surface area contributed by atoms with Gasteiger partial charge in [-0.3, -0.25) is 4.79 Å². The third-order valence-electron chi connectivity index (χ3n) is 2.56. The van der Waals surface area contributed by atoms with Crippen LogP contribution < -0.4 is 5.73 Å². The molecule has 5 nitrogen and oxygen atoms in total. The maximum Gasteiger partial charge on any atom is 0.303 e. The zero-order chi connectivity index (χ0) is 10.8. The Morgan fingerprint density at radius 3 is 2.64 bits per heavy atom. The van der Waals surface area contributed by atoms with Crippen LogP contribution in [-0.4, -0.2) is 37.0 Å². The zero-order valence-electron chi connectivity index (χ0n) is 7.85. The van der Waals surface area contributed by atoms with Crippen molar-refractivity contribution in [3.8, 4) is 0 Å². The fourth-order valence-corrected chi connectivity index (χ4v) is 3.58. The summed E-state index contributed by atoms with van der Waals surface area (Å²) in [5, 5.41) is 8.43. The molecule has 1 fully saturated rings. The lowest BCUT2D eigenvalue weighted by Crippen LogP contribution is -2.31. The Bertz CT molecular complexity index is 311. The predicted octanol–water partition coefficient (Wildman–Crippen LogP) is -0.387. The Morgan fingerprint density at radius 2 is 2.21 bits per heavy atom. The highest BCUT2D eigenvalue weighted by Crippen LogP contribution is 2.22. The zero-order valence-corrected chi connectivity index (χ0v) is 8.66. The van der Waals surface area contributed by atoms with E-state index in [1.165, 1.54) is 0 Å². The lowest BCUT2D eigenvalue weighted by atomic mass is 9.96. The topological polar surface area (TPSA) is 97.5 Å². The van der Waals surface area contributed by atoms with Crippen molar-refractivity contribution in [3.63, 3.8) is 0 Å². The molecule has 0 amide bonds. The van der Waals surface area contributed by atoms with Gasteiger partial charge in [-0.15, -0.1) is 0 Å². The Balaban J connectivity index is 2.39. The van der Waals surface area contributed by atoms with Crippen LogP contribution in [0.2, 0.25) is 0 Å². The van der Waals surface area contributed by atoms with Crippen LogP contribution in [0.4, 0.5) is 0 Å². The van der Waals surface area contributed by atoms with Gasteiger partial charge in [0.25, 0.3) is 0 Å². The molecular formula is C8H15NO4S. The summed E-state index contributed by atoms with van der Waals surface area (Å²) < 4.78 is 22.2. The van der Waals surface area contributed by atoms with Gasteiger partial charge in [0.1, 0.15) is 0 Å². The third kappa shape index (κ3) is 3.26. The number of carboxylic acids is 1. The van der Waals surface area contributed by atoms with Crippen LogP contribution in [0, 0.1) is 5.92 Å². The molecule has 0 bridgehead atoms. The monoisotopic (exact) mass is 221 g/mol. The van der Waals surface area contributed by atoms with Gasteiger partial charge < -0.3 is 10.8 Å².